The van der Waals surface area contributed by atoms with Crippen molar-refractivity contribution in [2.24, 2.45) is 0 Å². The van der Waals surface area contributed by atoms with Gasteiger partial charge in [-0.1, -0.05) is 0 Å². The first kappa shape index (κ1) is 17.5. The monoisotopic (exact) mass is 287 g/mol. The topological polar surface area (TPSA) is 0 Å². The molecule has 0 radical (unpaired) electrons. The van der Waals surface area contributed by atoms with Crippen molar-refractivity contribution in [1.29, 1.82) is 0 Å². The average Bonchev–Trinajstić information content (AvgIpc) is 2.33. The standard InChI is InChI=1S/C10H15S.2ClH.Ti/c1-8(2)11-9(3)10-6-4-5-7-10;;;/h4,6,8-9H,5H2,1-3H3;2*1H;. The summed E-state index contributed by atoms with van der Waals surface area (Å²) in [6, 6.07) is 0. The molecule has 1 rings (SSSR count). The Labute approximate surface area is 116 Å². The van der Waals surface area contributed by atoms with Gasteiger partial charge in [-0.25, -0.2) is 0 Å². The third-order valence-electron chi connectivity index (χ3n) is 1.88. The fraction of sp³-hybridized carbons (Fsp3) is 0.600. The Hall–Kier alpha value is 1.12. The van der Waals surface area contributed by atoms with Crippen molar-refractivity contribution in [2.45, 2.75) is 37.7 Å². The average molecular weight is 288 g/mol. The molecule has 0 spiro atoms. The number of allylic oxidation sites excluding steroid dienone is 3. The largest absolute Gasteiger partial charge is 0.147 e. The molecule has 0 amide bonds. The van der Waals surface area contributed by atoms with Crippen LogP contribution in [0.1, 0.15) is 27.2 Å². The van der Waals surface area contributed by atoms with E-state index in [-0.39, 0.29) is 24.8 Å². The molecule has 0 bridgehead atoms. The number of hydrogen-bond acceptors (Lipinski definition) is 1. The van der Waals surface area contributed by atoms with E-state index < -0.39 is 0 Å². The first-order valence-corrected chi connectivity index (χ1v) is 6.10. The number of rotatable bonds is 3. The summed E-state index contributed by atoms with van der Waals surface area (Å²) in [5, 5.41) is 1.40. The van der Waals surface area contributed by atoms with Gasteiger partial charge in [-0.2, -0.15) is 0 Å². The van der Waals surface area contributed by atoms with Gasteiger partial charge in [0.05, 0.1) is 0 Å². The van der Waals surface area contributed by atoms with Gasteiger partial charge < -0.3 is 0 Å². The summed E-state index contributed by atoms with van der Waals surface area (Å²) in [4.78, 5) is 0. The van der Waals surface area contributed by atoms with Crippen LogP contribution in [0.2, 0.25) is 0 Å². The Morgan fingerprint density at radius 1 is 1.29 bits per heavy atom. The molecule has 0 saturated heterocycles. The fourth-order valence-corrected chi connectivity index (χ4v) is 3.38. The Bertz CT molecular complexity index is 224. The number of hydrogen-bond donors (Lipinski definition) is 0. The van der Waals surface area contributed by atoms with Crippen LogP contribution >= 0.6 is 36.6 Å². The molecule has 0 nitrogen and oxygen atoms in total. The van der Waals surface area contributed by atoms with Crippen molar-refractivity contribution >= 4 is 36.6 Å². The van der Waals surface area contributed by atoms with Crippen LogP contribution in [0.4, 0.5) is 0 Å². The van der Waals surface area contributed by atoms with Gasteiger partial charge in [0.1, 0.15) is 0 Å². The normalized spacial score (nSPS) is 16.5. The van der Waals surface area contributed by atoms with Crippen molar-refractivity contribution in [3.63, 3.8) is 0 Å². The van der Waals surface area contributed by atoms with Crippen LogP contribution in [0.5, 0.6) is 0 Å². The Morgan fingerprint density at radius 3 is 2.21 bits per heavy atom. The quantitative estimate of drug-likeness (QED) is 0.704. The molecule has 1 aliphatic rings. The molecule has 0 aromatic rings. The third kappa shape index (κ3) is 5.27. The predicted molar refractivity (Wildman–Crippen MR) is 67.5 cm³/mol. The van der Waals surface area contributed by atoms with Crippen molar-refractivity contribution < 1.29 is 20.4 Å². The molecular weight excluding hydrogens is 271 g/mol. The SMILES string of the molecule is CC(C)SC(C)C1=[C]([Ti])CC=C1.Cl.Cl. The summed E-state index contributed by atoms with van der Waals surface area (Å²) in [5.74, 6) is 0. The second-order valence-electron chi connectivity index (χ2n) is 3.37. The minimum atomic E-state index is 0. The molecule has 1 atom stereocenters. The van der Waals surface area contributed by atoms with E-state index in [1.807, 2.05) is 11.8 Å². The minimum absolute atomic E-state index is 0. The number of thioether (sulfide) groups is 1. The zero-order valence-electron chi connectivity index (χ0n) is 8.74. The fourth-order valence-electron chi connectivity index (χ4n) is 1.38. The molecule has 0 saturated carbocycles. The van der Waals surface area contributed by atoms with E-state index in [0.717, 1.165) is 5.25 Å². The smallest absolute Gasteiger partial charge is 0.147 e. The second-order valence-corrected chi connectivity index (χ2v) is 6.23. The van der Waals surface area contributed by atoms with Gasteiger partial charge in [-0.15, -0.1) is 24.8 Å². The van der Waals surface area contributed by atoms with Crippen molar-refractivity contribution in [1.82, 2.24) is 0 Å². The minimum Gasteiger partial charge on any atom is -0.147 e. The summed E-state index contributed by atoms with van der Waals surface area (Å²) in [6.07, 6.45) is 5.72. The van der Waals surface area contributed by atoms with Gasteiger partial charge in [0, 0.05) is 0 Å². The number of halogens is 2. The molecule has 0 fully saturated rings. The van der Waals surface area contributed by atoms with Crippen LogP contribution < -0.4 is 0 Å². The summed E-state index contributed by atoms with van der Waals surface area (Å²) >= 11 is 4.29. The van der Waals surface area contributed by atoms with Gasteiger partial charge in [-0.05, 0) is 0 Å². The van der Waals surface area contributed by atoms with E-state index in [4.69, 9.17) is 0 Å². The molecule has 0 aliphatic heterocycles. The van der Waals surface area contributed by atoms with Gasteiger partial charge in [0.15, 0.2) is 0 Å². The predicted octanol–water partition coefficient (Wildman–Crippen LogP) is 4.12. The summed E-state index contributed by atoms with van der Waals surface area (Å²) in [5.41, 5.74) is 1.55. The molecule has 0 N–H and O–H groups in total. The van der Waals surface area contributed by atoms with Gasteiger partial charge >= 0.3 is 91.5 Å². The van der Waals surface area contributed by atoms with Crippen LogP contribution in [0, 0.1) is 0 Å². The summed E-state index contributed by atoms with van der Waals surface area (Å²) in [7, 11) is 0. The van der Waals surface area contributed by atoms with Crippen LogP contribution in [0.15, 0.2) is 21.6 Å². The first-order chi connectivity index (χ1) is 5.61. The molecule has 0 heterocycles. The molecule has 14 heavy (non-hydrogen) atoms. The molecule has 0 aromatic carbocycles. The Morgan fingerprint density at radius 2 is 1.86 bits per heavy atom. The van der Waals surface area contributed by atoms with Crippen LogP contribution in [-0.2, 0) is 20.4 Å². The summed E-state index contributed by atoms with van der Waals surface area (Å²) < 4.78 is 1.55. The van der Waals surface area contributed by atoms with Crippen LogP contribution in [0.25, 0.3) is 0 Å². The molecule has 1 aliphatic carbocycles. The maximum Gasteiger partial charge on any atom is -0.147 e. The Balaban J connectivity index is 0. The van der Waals surface area contributed by atoms with Gasteiger partial charge in [-0.3, -0.25) is 0 Å². The Kier molecular flexibility index (Phi) is 10.4. The van der Waals surface area contributed by atoms with Gasteiger partial charge in [0.2, 0.25) is 0 Å². The molecule has 0 aromatic heterocycles. The molecular formula is C10H17Cl2STi. The van der Waals surface area contributed by atoms with Crippen molar-refractivity contribution in [3.8, 4) is 0 Å². The van der Waals surface area contributed by atoms with E-state index in [9.17, 15) is 0 Å². The van der Waals surface area contributed by atoms with E-state index >= 15 is 0 Å². The van der Waals surface area contributed by atoms with Crippen molar-refractivity contribution in [3.05, 3.63) is 21.6 Å². The van der Waals surface area contributed by atoms with Crippen molar-refractivity contribution in [2.75, 3.05) is 0 Å². The summed E-state index contributed by atoms with van der Waals surface area (Å²) in [6.45, 7) is 6.82. The maximum absolute atomic E-state index is 2.30. The third-order valence-corrected chi connectivity index (χ3v) is 3.86. The van der Waals surface area contributed by atoms with E-state index in [1.165, 1.54) is 6.42 Å². The van der Waals surface area contributed by atoms with Crippen LogP contribution in [-0.4, -0.2) is 10.5 Å². The van der Waals surface area contributed by atoms with E-state index in [0.29, 0.717) is 5.25 Å². The first-order valence-electron chi connectivity index (χ1n) is 4.38. The molecule has 4 heteroatoms. The van der Waals surface area contributed by atoms with E-state index in [2.05, 4.69) is 53.4 Å². The van der Waals surface area contributed by atoms with Gasteiger partial charge in [0.25, 0.3) is 0 Å². The zero-order valence-corrected chi connectivity index (χ0v) is 12.8. The maximum atomic E-state index is 2.30. The second kappa shape index (κ2) is 8.30. The van der Waals surface area contributed by atoms with Crippen LogP contribution in [0.3, 0.4) is 0 Å². The zero-order chi connectivity index (χ0) is 9.14. The van der Waals surface area contributed by atoms with E-state index in [1.54, 1.807) is 9.45 Å². The molecule has 1 unspecified atom stereocenters. The molecule has 81 valence electrons.